The Morgan fingerprint density at radius 1 is 1.08 bits per heavy atom. The van der Waals surface area contributed by atoms with Crippen molar-refractivity contribution >= 4 is 32.8 Å². The first kappa shape index (κ1) is 28.2. The van der Waals surface area contributed by atoms with E-state index in [1.54, 1.807) is 24.3 Å². The lowest BCUT2D eigenvalue weighted by Gasteiger charge is -2.14. The largest absolute Gasteiger partial charge is 0.573 e. The molecule has 0 radical (unpaired) electrons. The van der Waals surface area contributed by atoms with Crippen LogP contribution in [0.25, 0.3) is 11.2 Å². The number of rotatable bonds is 8. The van der Waals surface area contributed by atoms with Gasteiger partial charge in [0.05, 0.1) is 6.54 Å². The summed E-state index contributed by atoms with van der Waals surface area (Å²) in [7, 11) is -1.94. The maximum atomic E-state index is 13.5. The molecule has 2 heterocycles. The number of hydrogen-bond acceptors (Lipinski definition) is 8. The van der Waals surface area contributed by atoms with E-state index in [4.69, 9.17) is 22.2 Å². The molecule has 0 aliphatic heterocycles. The highest BCUT2D eigenvalue weighted by molar-refractivity contribution is 7.88. The van der Waals surface area contributed by atoms with E-state index >= 15 is 0 Å². The van der Waals surface area contributed by atoms with Gasteiger partial charge in [0, 0.05) is 25.2 Å². The van der Waals surface area contributed by atoms with Crippen molar-refractivity contribution in [3.8, 4) is 17.5 Å². The number of alkyl halides is 3. The van der Waals surface area contributed by atoms with Gasteiger partial charge in [-0.05, 0) is 29.8 Å². The number of imidazole rings is 1. The molecule has 0 atom stereocenters. The van der Waals surface area contributed by atoms with Crippen LogP contribution in [0.4, 0.5) is 13.2 Å². The molecule has 0 unspecified atom stereocenters. The second-order valence-corrected chi connectivity index (χ2v) is 10.7. The molecular formula is C22H20ClF3N6O6S. The molecule has 12 nitrogen and oxygen atoms in total. The number of nitrogens with two attached hydrogens (primary N) is 1. The van der Waals surface area contributed by atoms with Gasteiger partial charge in [0.25, 0.3) is 5.56 Å². The van der Waals surface area contributed by atoms with Crippen molar-refractivity contribution in [3.05, 3.63) is 80.0 Å². The number of halogens is 4. The van der Waals surface area contributed by atoms with Crippen molar-refractivity contribution in [1.29, 1.82) is 0 Å². The van der Waals surface area contributed by atoms with Crippen LogP contribution < -0.4 is 26.6 Å². The Bertz CT molecular complexity index is 1760. The molecule has 208 valence electrons. The summed E-state index contributed by atoms with van der Waals surface area (Å²) in [5, 5.41) is 0.438. The Morgan fingerprint density at radius 3 is 2.33 bits per heavy atom. The molecule has 4 aromatic rings. The van der Waals surface area contributed by atoms with Gasteiger partial charge in [0.1, 0.15) is 17.4 Å². The van der Waals surface area contributed by atoms with E-state index in [0.717, 1.165) is 23.7 Å². The second-order valence-electron chi connectivity index (χ2n) is 8.24. The van der Waals surface area contributed by atoms with Crippen LogP contribution in [0.2, 0.25) is 5.02 Å². The van der Waals surface area contributed by atoms with E-state index < -0.39 is 39.3 Å². The summed E-state index contributed by atoms with van der Waals surface area (Å²) in [4.78, 5) is 30.7. The van der Waals surface area contributed by atoms with Crippen LogP contribution in [0.15, 0.2) is 58.1 Å². The lowest BCUT2D eigenvalue weighted by molar-refractivity contribution is -0.274. The Morgan fingerprint density at radius 2 is 1.72 bits per heavy atom. The molecule has 2 N–H and O–H groups in total. The normalized spacial score (nSPS) is 12.3. The van der Waals surface area contributed by atoms with Crippen LogP contribution in [0.3, 0.4) is 0 Å². The fourth-order valence-corrected chi connectivity index (χ4v) is 4.42. The highest BCUT2D eigenvalue weighted by atomic mass is 35.5. The minimum atomic E-state index is -4.94. The Balaban J connectivity index is 1.91. The summed E-state index contributed by atoms with van der Waals surface area (Å²) < 4.78 is 75.6. The average molecular weight is 589 g/mol. The van der Waals surface area contributed by atoms with Crippen molar-refractivity contribution in [2.24, 2.45) is 12.9 Å². The van der Waals surface area contributed by atoms with E-state index in [2.05, 4.69) is 9.72 Å². The van der Waals surface area contributed by atoms with Gasteiger partial charge in [0.15, 0.2) is 11.2 Å². The summed E-state index contributed by atoms with van der Waals surface area (Å²) in [6, 6.07) is 10.8. The predicted octanol–water partition coefficient (Wildman–Crippen LogP) is 2.38. The third-order valence-electron chi connectivity index (χ3n) is 5.43. The lowest BCUT2D eigenvalue weighted by atomic mass is 10.2. The molecule has 2 aromatic carbocycles. The van der Waals surface area contributed by atoms with Gasteiger partial charge in [-0.3, -0.25) is 19.8 Å². The Hall–Kier alpha value is -3.86. The maximum Gasteiger partial charge on any atom is 0.573 e. The average Bonchev–Trinajstić information content (AvgIpc) is 3.18. The number of ether oxygens (including phenoxy) is 2. The van der Waals surface area contributed by atoms with Crippen LogP contribution in [-0.4, -0.2) is 44.9 Å². The van der Waals surface area contributed by atoms with Gasteiger partial charge in [-0.25, -0.2) is 17.8 Å². The number of aryl methyl sites for hydroxylation is 1. The van der Waals surface area contributed by atoms with Crippen molar-refractivity contribution in [2.75, 3.05) is 7.05 Å². The van der Waals surface area contributed by atoms with Gasteiger partial charge in [0.2, 0.25) is 10.0 Å². The van der Waals surface area contributed by atoms with Crippen LogP contribution in [0.5, 0.6) is 17.5 Å². The van der Waals surface area contributed by atoms with E-state index in [-0.39, 0.29) is 29.5 Å². The molecule has 0 saturated carbocycles. The van der Waals surface area contributed by atoms with Crippen molar-refractivity contribution in [2.45, 2.75) is 18.8 Å². The zero-order valence-corrected chi connectivity index (χ0v) is 21.8. The SMILES string of the molecule is CN(N)S(=O)(=O)Cn1c(=O)c2c(nc(Oc3cccc(OC(F)(F)F)c3)n2Cc2ccc(Cl)cc2)n(C)c1=O. The zero-order chi connectivity index (χ0) is 28.7. The van der Waals surface area contributed by atoms with E-state index in [9.17, 15) is 31.2 Å². The highest BCUT2D eigenvalue weighted by Gasteiger charge is 2.31. The van der Waals surface area contributed by atoms with E-state index in [1.807, 2.05) is 0 Å². The quantitative estimate of drug-likeness (QED) is 0.244. The van der Waals surface area contributed by atoms with Crippen LogP contribution >= 0.6 is 11.6 Å². The molecule has 0 aliphatic rings. The fourth-order valence-electron chi connectivity index (χ4n) is 3.56. The van der Waals surface area contributed by atoms with Crippen LogP contribution in [0, 0.1) is 0 Å². The number of aromatic nitrogens is 4. The molecule has 0 saturated heterocycles. The predicted molar refractivity (Wildman–Crippen MR) is 134 cm³/mol. The summed E-state index contributed by atoms with van der Waals surface area (Å²) in [6.07, 6.45) is -4.94. The van der Waals surface area contributed by atoms with Gasteiger partial charge in [-0.1, -0.05) is 29.8 Å². The van der Waals surface area contributed by atoms with Crippen molar-refractivity contribution in [3.63, 3.8) is 0 Å². The number of hydrogen-bond donors (Lipinski definition) is 1. The van der Waals surface area contributed by atoms with Crippen molar-refractivity contribution in [1.82, 2.24) is 23.1 Å². The molecule has 0 fully saturated rings. The monoisotopic (exact) mass is 588 g/mol. The summed E-state index contributed by atoms with van der Waals surface area (Å²) in [5.41, 5.74) is -1.77. The molecule has 39 heavy (non-hydrogen) atoms. The van der Waals surface area contributed by atoms with Crippen LogP contribution in [-0.2, 0) is 29.5 Å². The first-order valence-electron chi connectivity index (χ1n) is 10.9. The minimum Gasteiger partial charge on any atom is -0.425 e. The van der Waals surface area contributed by atoms with Gasteiger partial charge in [-0.2, -0.15) is 4.98 Å². The number of benzene rings is 2. The van der Waals surface area contributed by atoms with Crippen LogP contribution in [0.1, 0.15) is 5.56 Å². The Kier molecular flexibility index (Phi) is 7.48. The van der Waals surface area contributed by atoms with Crippen molar-refractivity contribution < 1.29 is 31.1 Å². The highest BCUT2D eigenvalue weighted by Crippen LogP contribution is 2.30. The number of hydrazine groups is 1. The summed E-state index contributed by atoms with van der Waals surface area (Å²) in [6.45, 7) is -0.0707. The molecule has 2 aromatic heterocycles. The first-order chi connectivity index (χ1) is 18.2. The molecule has 17 heteroatoms. The molecule has 0 amide bonds. The first-order valence-corrected chi connectivity index (χ1v) is 12.8. The van der Waals surface area contributed by atoms with Gasteiger partial charge in [-0.15, -0.1) is 17.6 Å². The topological polar surface area (TPSA) is 144 Å². The standard InChI is InChI=1S/C22H20ClF3N6O6S/c1-29-18-17(19(33)32(21(29)34)12-39(35,36)30(2)27)31(11-13-6-8-14(23)9-7-13)20(28-18)37-15-4-3-5-16(10-15)38-22(24,25)26/h3-10H,11-12,27H2,1-2H3. The number of sulfonamides is 1. The molecule has 0 spiro atoms. The number of fused-ring (bicyclic) bond motifs is 1. The third-order valence-corrected chi connectivity index (χ3v) is 7.14. The maximum absolute atomic E-state index is 13.5. The van der Waals surface area contributed by atoms with Gasteiger partial charge >= 0.3 is 18.1 Å². The Labute approximate surface area is 223 Å². The summed E-state index contributed by atoms with van der Waals surface area (Å²) >= 11 is 5.96. The summed E-state index contributed by atoms with van der Waals surface area (Å²) in [5.74, 6) is 3.60. The van der Waals surface area contributed by atoms with E-state index in [0.29, 0.717) is 19.6 Å². The smallest absolute Gasteiger partial charge is 0.425 e. The second kappa shape index (κ2) is 10.4. The third kappa shape index (κ3) is 6.08. The fraction of sp³-hybridized carbons (Fsp3) is 0.227. The molecule has 4 rings (SSSR count). The van der Waals surface area contributed by atoms with Gasteiger partial charge < -0.3 is 9.47 Å². The number of nitrogens with zero attached hydrogens (tertiary/aromatic N) is 5. The lowest BCUT2D eigenvalue weighted by Crippen LogP contribution is -2.45. The molecular weight excluding hydrogens is 569 g/mol. The van der Waals surface area contributed by atoms with E-state index in [1.165, 1.54) is 23.7 Å². The zero-order valence-electron chi connectivity index (χ0n) is 20.2. The minimum absolute atomic E-state index is 0.0707. The molecule has 0 aliphatic carbocycles. The molecule has 0 bridgehead atoms.